The Morgan fingerprint density at radius 2 is 2.00 bits per heavy atom. The molecule has 3 N–H and O–H groups in total. The van der Waals surface area contributed by atoms with E-state index in [1.807, 2.05) is 0 Å². The lowest BCUT2D eigenvalue weighted by Gasteiger charge is -2.26. The maximum Gasteiger partial charge on any atom is 0.254 e. The van der Waals surface area contributed by atoms with Crippen molar-refractivity contribution in [3.63, 3.8) is 0 Å². The summed E-state index contributed by atoms with van der Waals surface area (Å²) in [6.07, 6.45) is 0. The van der Waals surface area contributed by atoms with Gasteiger partial charge in [0.25, 0.3) is 10.0 Å². The molecule has 18 heavy (non-hydrogen) atoms. The number of rotatable bonds is 3. The van der Waals surface area contributed by atoms with E-state index in [0.29, 0.717) is 36.5 Å². The lowest BCUT2D eigenvalue weighted by Crippen LogP contribution is -2.48. The molecule has 0 radical (unpaired) electrons. The monoisotopic (exact) mass is 335 g/mol. The largest absolute Gasteiger partial charge is 0.399 e. The Labute approximate surface area is 114 Å². The maximum absolute atomic E-state index is 12.2. The predicted molar refractivity (Wildman–Crippen MR) is 71.3 cm³/mol. The molecule has 1 aromatic carbocycles. The van der Waals surface area contributed by atoms with Crippen LogP contribution in [0.5, 0.6) is 0 Å². The zero-order valence-corrected chi connectivity index (χ0v) is 12.0. The number of benzene rings is 1. The number of nitrogens with one attached hydrogen (secondary N) is 1. The Morgan fingerprint density at radius 1 is 1.33 bits per heavy atom. The molecule has 1 aromatic rings. The number of morpholine rings is 1. The first-order valence-electron chi connectivity index (χ1n) is 5.39. The van der Waals surface area contributed by atoms with Gasteiger partial charge in [0.1, 0.15) is 0 Å². The Hall–Kier alpha value is -0.670. The van der Waals surface area contributed by atoms with E-state index in [4.69, 9.17) is 10.5 Å². The summed E-state index contributed by atoms with van der Waals surface area (Å²) >= 11 is 3.21. The van der Waals surface area contributed by atoms with Gasteiger partial charge >= 0.3 is 0 Å². The summed E-state index contributed by atoms with van der Waals surface area (Å²) < 4.78 is 30.0. The summed E-state index contributed by atoms with van der Waals surface area (Å²) in [4.78, 5) is 2.65. The van der Waals surface area contributed by atoms with Crippen LogP contribution in [0.15, 0.2) is 27.6 Å². The second-order valence-electron chi connectivity index (χ2n) is 3.88. The van der Waals surface area contributed by atoms with Crippen molar-refractivity contribution in [2.24, 2.45) is 0 Å². The smallest absolute Gasteiger partial charge is 0.254 e. The Balaban J connectivity index is 2.21. The number of nitrogen functional groups attached to an aromatic ring is 1. The predicted octanol–water partition coefficient (Wildman–Crippen LogP) is 0.557. The summed E-state index contributed by atoms with van der Waals surface area (Å²) in [5.41, 5.74) is 6.01. The first-order valence-corrected chi connectivity index (χ1v) is 7.67. The van der Waals surface area contributed by atoms with Crippen LogP contribution in [0.4, 0.5) is 5.69 Å². The Morgan fingerprint density at radius 3 is 2.67 bits per heavy atom. The van der Waals surface area contributed by atoms with E-state index >= 15 is 0 Å². The fourth-order valence-electron chi connectivity index (χ4n) is 1.60. The quantitative estimate of drug-likeness (QED) is 0.788. The molecule has 0 aliphatic carbocycles. The Bertz CT molecular complexity index is 529. The van der Waals surface area contributed by atoms with Gasteiger partial charge in [-0.2, -0.15) is 0 Å². The van der Waals surface area contributed by atoms with Crippen molar-refractivity contribution >= 4 is 31.6 Å². The molecule has 6 nitrogen and oxygen atoms in total. The average molecular weight is 336 g/mol. The molecule has 1 aliphatic heterocycles. The summed E-state index contributed by atoms with van der Waals surface area (Å²) in [7, 11) is -3.62. The van der Waals surface area contributed by atoms with Gasteiger partial charge in [-0.1, -0.05) is 0 Å². The van der Waals surface area contributed by atoms with E-state index in [9.17, 15) is 8.42 Å². The van der Waals surface area contributed by atoms with Crippen LogP contribution in [-0.4, -0.2) is 39.7 Å². The SMILES string of the molecule is Nc1ccc(Br)c(S(=O)(=O)NN2CCOCC2)c1. The van der Waals surface area contributed by atoms with Crippen molar-refractivity contribution in [3.05, 3.63) is 22.7 Å². The maximum atomic E-state index is 12.2. The molecule has 0 bridgehead atoms. The molecule has 2 rings (SSSR count). The third kappa shape index (κ3) is 3.21. The van der Waals surface area contributed by atoms with Crippen molar-refractivity contribution < 1.29 is 13.2 Å². The van der Waals surface area contributed by atoms with Gasteiger partial charge in [0.15, 0.2) is 0 Å². The summed E-state index contributed by atoms with van der Waals surface area (Å²) in [5.74, 6) is 0. The number of nitrogens with two attached hydrogens (primary N) is 1. The van der Waals surface area contributed by atoms with E-state index in [-0.39, 0.29) is 4.90 Å². The number of nitrogens with zero attached hydrogens (tertiary/aromatic N) is 1. The number of halogens is 1. The molecule has 8 heteroatoms. The summed E-state index contributed by atoms with van der Waals surface area (Å²) in [5, 5.41) is 1.62. The molecule has 0 saturated carbocycles. The van der Waals surface area contributed by atoms with Crippen molar-refractivity contribution in [2.45, 2.75) is 4.90 Å². The number of hydrogen-bond donors (Lipinski definition) is 2. The highest BCUT2D eigenvalue weighted by Gasteiger charge is 2.22. The van der Waals surface area contributed by atoms with Gasteiger partial charge in [-0.05, 0) is 34.1 Å². The molecule has 1 aliphatic rings. The van der Waals surface area contributed by atoms with Gasteiger partial charge in [-0.15, -0.1) is 4.83 Å². The number of sulfonamides is 1. The number of hydrogen-bond acceptors (Lipinski definition) is 5. The minimum absolute atomic E-state index is 0.133. The fraction of sp³-hybridized carbons (Fsp3) is 0.400. The van der Waals surface area contributed by atoms with E-state index in [1.54, 1.807) is 17.1 Å². The van der Waals surface area contributed by atoms with E-state index in [2.05, 4.69) is 20.8 Å². The van der Waals surface area contributed by atoms with Crippen LogP contribution in [0.25, 0.3) is 0 Å². The first-order chi connectivity index (χ1) is 8.49. The standard InChI is InChI=1S/C10H14BrN3O3S/c11-9-2-1-8(12)7-10(9)18(15,16)13-14-3-5-17-6-4-14/h1-2,7,13H,3-6,12H2. The van der Waals surface area contributed by atoms with Crippen molar-refractivity contribution in [1.82, 2.24) is 9.84 Å². The van der Waals surface area contributed by atoms with Crippen LogP contribution in [0.3, 0.4) is 0 Å². The van der Waals surface area contributed by atoms with Crippen LogP contribution in [-0.2, 0) is 14.8 Å². The molecule has 1 fully saturated rings. The summed E-state index contributed by atoms with van der Waals surface area (Å²) in [6, 6.07) is 4.67. The van der Waals surface area contributed by atoms with Crippen LogP contribution < -0.4 is 10.6 Å². The highest BCUT2D eigenvalue weighted by atomic mass is 79.9. The molecule has 1 saturated heterocycles. The van der Waals surface area contributed by atoms with Gasteiger partial charge < -0.3 is 10.5 Å². The first kappa shape index (κ1) is 13.8. The third-order valence-electron chi connectivity index (χ3n) is 2.51. The molecule has 0 spiro atoms. The minimum Gasteiger partial charge on any atom is -0.399 e. The molecule has 0 amide bonds. The highest BCUT2D eigenvalue weighted by molar-refractivity contribution is 9.10. The zero-order chi connectivity index (χ0) is 13.2. The normalized spacial score (nSPS) is 17.8. The number of hydrazine groups is 1. The van der Waals surface area contributed by atoms with E-state index in [0.717, 1.165) is 0 Å². The van der Waals surface area contributed by atoms with Crippen LogP contribution >= 0.6 is 15.9 Å². The molecule has 1 heterocycles. The molecule has 0 unspecified atom stereocenters. The highest BCUT2D eigenvalue weighted by Crippen LogP contribution is 2.24. The fourth-order valence-corrected chi connectivity index (χ4v) is 3.72. The zero-order valence-electron chi connectivity index (χ0n) is 9.60. The van der Waals surface area contributed by atoms with E-state index in [1.165, 1.54) is 6.07 Å². The second-order valence-corrected chi connectivity index (χ2v) is 6.37. The lowest BCUT2D eigenvalue weighted by atomic mass is 10.3. The summed E-state index contributed by atoms with van der Waals surface area (Å²) in [6.45, 7) is 2.08. The minimum atomic E-state index is -3.62. The van der Waals surface area contributed by atoms with E-state index < -0.39 is 10.0 Å². The molecule has 0 atom stereocenters. The average Bonchev–Trinajstić information content (AvgIpc) is 2.33. The van der Waals surface area contributed by atoms with Gasteiger partial charge in [0.2, 0.25) is 0 Å². The third-order valence-corrected chi connectivity index (χ3v) is 4.87. The van der Waals surface area contributed by atoms with Crippen molar-refractivity contribution in [1.29, 1.82) is 0 Å². The molecule has 100 valence electrons. The van der Waals surface area contributed by atoms with Crippen LogP contribution in [0.2, 0.25) is 0 Å². The van der Waals surface area contributed by atoms with Crippen molar-refractivity contribution in [3.8, 4) is 0 Å². The van der Waals surface area contributed by atoms with Gasteiger partial charge in [-0.25, -0.2) is 13.4 Å². The van der Waals surface area contributed by atoms with Gasteiger partial charge in [0, 0.05) is 23.2 Å². The second kappa shape index (κ2) is 5.54. The molecular formula is C10H14BrN3O3S. The molecular weight excluding hydrogens is 322 g/mol. The van der Waals surface area contributed by atoms with Gasteiger partial charge in [0.05, 0.1) is 18.1 Å². The van der Waals surface area contributed by atoms with Crippen LogP contribution in [0, 0.1) is 0 Å². The van der Waals surface area contributed by atoms with Crippen molar-refractivity contribution in [2.75, 3.05) is 32.0 Å². The number of anilines is 1. The topological polar surface area (TPSA) is 84.7 Å². The van der Waals surface area contributed by atoms with Crippen LogP contribution in [0.1, 0.15) is 0 Å². The van der Waals surface area contributed by atoms with Gasteiger partial charge in [-0.3, -0.25) is 0 Å². The Kier molecular flexibility index (Phi) is 4.23. The number of ether oxygens (including phenoxy) is 1. The lowest BCUT2D eigenvalue weighted by molar-refractivity contribution is 0.0272. The molecule has 0 aromatic heterocycles.